The number of hydrogen-bond donors (Lipinski definition) is 2. The van der Waals surface area contributed by atoms with Gasteiger partial charge in [0.25, 0.3) is 0 Å². The number of nitrogens with zero attached hydrogens (tertiary/aromatic N) is 2. The molecule has 0 unspecified atom stereocenters. The molecule has 1 atom stereocenters. The summed E-state index contributed by atoms with van der Waals surface area (Å²) in [6, 6.07) is -0.785. The highest BCUT2D eigenvalue weighted by Gasteiger charge is 2.27. The van der Waals surface area contributed by atoms with Crippen molar-refractivity contribution in [1.29, 1.82) is 0 Å². The first-order valence-corrected chi connectivity index (χ1v) is 4.76. The normalized spacial score (nSPS) is 13.9. The summed E-state index contributed by atoms with van der Waals surface area (Å²) in [6.07, 6.45) is -4.26. The van der Waals surface area contributed by atoms with E-state index >= 15 is 0 Å². The van der Waals surface area contributed by atoms with Gasteiger partial charge in [-0.05, 0) is 0 Å². The summed E-state index contributed by atoms with van der Waals surface area (Å²) in [5, 5.41) is 12.2. The molecule has 0 aromatic carbocycles. The second-order valence-corrected chi connectivity index (χ2v) is 3.26. The first kappa shape index (κ1) is 13.9. The molecule has 9 heteroatoms. The van der Waals surface area contributed by atoms with E-state index in [0.717, 1.165) is 0 Å². The Morgan fingerprint density at radius 2 is 2.18 bits per heavy atom. The second kappa shape index (κ2) is 5.94. The maximum Gasteiger partial charge on any atom is 0.411 e. The van der Waals surface area contributed by atoms with Crippen molar-refractivity contribution >= 4 is 0 Å². The molecule has 0 saturated carbocycles. The maximum absolute atomic E-state index is 11.7. The third kappa shape index (κ3) is 5.11. The fourth-order valence-electron chi connectivity index (χ4n) is 0.949. The molecule has 3 N–H and O–H groups in total. The summed E-state index contributed by atoms with van der Waals surface area (Å²) in [6.45, 7) is -1.84. The predicted octanol–water partition coefficient (Wildman–Crippen LogP) is 0.183. The van der Waals surface area contributed by atoms with E-state index in [2.05, 4.69) is 14.9 Å². The first-order chi connectivity index (χ1) is 7.92. The second-order valence-electron chi connectivity index (χ2n) is 3.26. The van der Waals surface area contributed by atoms with Crippen LogP contribution in [0.3, 0.4) is 0 Å². The van der Waals surface area contributed by atoms with E-state index in [-0.39, 0.29) is 31.3 Å². The Balaban J connectivity index is 2.30. The maximum atomic E-state index is 11.7. The Hall–Kier alpha value is -1.19. The first-order valence-electron chi connectivity index (χ1n) is 4.76. The third-order valence-electron chi connectivity index (χ3n) is 1.73. The minimum absolute atomic E-state index is 0.0401. The van der Waals surface area contributed by atoms with Crippen molar-refractivity contribution in [2.45, 2.75) is 18.6 Å². The zero-order valence-corrected chi connectivity index (χ0v) is 8.78. The Labute approximate surface area is 94.6 Å². The van der Waals surface area contributed by atoms with Gasteiger partial charge < -0.3 is 20.1 Å². The molecule has 0 saturated heterocycles. The van der Waals surface area contributed by atoms with Crippen molar-refractivity contribution in [3.63, 3.8) is 0 Å². The van der Waals surface area contributed by atoms with Crippen LogP contribution in [0, 0.1) is 0 Å². The standard InChI is InChI=1S/C8H12F3N3O3/c9-8(10,11)4-16-2-1-6-13-7(17-14-6)5(12)3-15/h5,15H,1-4,12H2/t5-/m1/s1. The molecule has 17 heavy (non-hydrogen) atoms. The summed E-state index contributed by atoms with van der Waals surface area (Å²) in [5.41, 5.74) is 5.39. The Kier molecular flexibility index (Phi) is 4.85. The smallest absolute Gasteiger partial charge is 0.394 e. The highest BCUT2D eigenvalue weighted by molar-refractivity contribution is 4.91. The van der Waals surface area contributed by atoms with Gasteiger partial charge in [-0.15, -0.1) is 0 Å². The summed E-state index contributed by atoms with van der Waals surface area (Å²) >= 11 is 0. The molecule has 0 aliphatic rings. The van der Waals surface area contributed by atoms with Gasteiger partial charge >= 0.3 is 6.18 Å². The van der Waals surface area contributed by atoms with E-state index in [0.29, 0.717) is 0 Å². The third-order valence-corrected chi connectivity index (χ3v) is 1.73. The van der Waals surface area contributed by atoms with Gasteiger partial charge in [0.2, 0.25) is 5.89 Å². The van der Waals surface area contributed by atoms with E-state index < -0.39 is 18.8 Å². The van der Waals surface area contributed by atoms with Gasteiger partial charge in [-0.1, -0.05) is 5.16 Å². The molecule has 1 aromatic heterocycles. The van der Waals surface area contributed by atoms with Gasteiger partial charge in [0, 0.05) is 6.42 Å². The number of nitrogens with two attached hydrogens (primary N) is 1. The highest BCUT2D eigenvalue weighted by atomic mass is 19.4. The van der Waals surface area contributed by atoms with E-state index in [1.807, 2.05) is 0 Å². The van der Waals surface area contributed by atoms with Crippen LogP contribution in [0.15, 0.2) is 4.52 Å². The predicted molar refractivity (Wildman–Crippen MR) is 48.9 cm³/mol. The number of alkyl halides is 3. The number of aromatic nitrogens is 2. The van der Waals surface area contributed by atoms with E-state index in [1.54, 1.807) is 0 Å². The van der Waals surface area contributed by atoms with E-state index in [9.17, 15) is 13.2 Å². The lowest BCUT2D eigenvalue weighted by molar-refractivity contribution is -0.173. The average molecular weight is 255 g/mol. The van der Waals surface area contributed by atoms with Gasteiger partial charge in [0.05, 0.1) is 13.2 Å². The van der Waals surface area contributed by atoms with Gasteiger partial charge in [-0.2, -0.15) is 18.2 Å². The summed E-state index contributed by atoms with van der Waals surface area (Å²) in [4.78, 5) is 3.79. The van der Waals surface area contributed by atoms with Crippen LogP contribution in [0.2, 0.25) is 0 Å². The number of halogens is 3. The van der Waals surface area contributed by atoms with Crippen molar-refractivity contribution in [3.05, 3.63) is 11.7 Å². The van der Waals surface area contributed by atoms with Crippen molar-refractivity contribution in [2.24, 2.45) is 5.73 Å². The minimum atomic E-state index is -4.35. The van der Waals surface area contributed by atoms with Gasteiger partial charge in [0.1, 0.15) is 12.6 Å². The van der Waals surface area contributed by atoms with E-state index in [4.69, 9.17) is 15.4 Å². The molecule has 1 rings (SSSR count). The van der Waals surface area contributed by atoms with Crippen LogP contribution >= 0.6 is 0 Å². The lowest BCUT2D eigenvalue weighted by Gasteiger charge is -2.05. The molecule has 0 amide bonds. The molecule has 6 nitrogen and oxygen atoms in total. The van der Waals surface area contributed by atoms with Gasteiger partial charge in [-0.25, -0.2) is 0 Å². The molecule has 0 bridgehead atoms. The topological polar surface area (TPSA) is 94.4 Å². The van der Waals surface area contributed by atoms with Crippen LogP contribution in [0.4, 0.5) is 13.2 Å². The number of rotatable bonds is 6. The molecule has 1 aromatic rings. The van der Waals surface area contributed by atoms with Crippen LogP contribution in [0.1, 0.15) is 17.8 Å². The summed E-state index contributed by atoms with van der Waals surface area (Å²) in [5.74, 6) is 0.226. The number of hydrogen-bond acceptors (Lipinski definition) is 6. The lowest BCUT2D eigenvalue weighted by Crippen LogP contribution is -2.18. The lowest BCUT2D eigenvalue weighted by atomic mass is 10.3. The molecule has 0 spiro atoms. The largest absolute Gasteiger partial charge is 0.411 e. The molecular formula is C8H12F3N3O3. The van der Waals surface area contributed by atoms with Gasteiger partial charge in [0.15, 0.2) is 5.82 Å². The number of aliphatic hydroxyl groups excluding tert-OH is 1. The zero-order chi connectivity index (χ0) is 12.9. The molecule has 0 aliphatic carbocycles. The molecule has 0 fully saturated rings. The van der Waals surface area contributed by atoms with Crippen molar-refractivity contribution in [1.82, 2.24) is 10.1 Å². The fraction of sp³-hybridized carbons (Fsp3) is 0.750. The van der Waals surface area contributed by atoms with Crippen LogP contribution in [0.25, 0.3) is 0 Å². The highest BCUT2D eigenvalue weighted by Crippen LogP contribution is 2.14. The number of ether oxygens (including phenoxy) is 1. The Bertz CT molecular complexity index is 342. The monoisotopic (exact) mass is 255 g/mol. The van der Waals surface area contributed by atoms with Crippen LogP contribution in [0.5, 0.6) is 0 Å². The van der Waals surface area contributed by atoms with Crippen molar-refractivity contribution in [2.75, 3.05) is 19.8 Å². The van der Waals surface area contributed by atoms with E-state index in [1.165, 1.54) is 0 Å². The van der Waals surface area contributed by atoms with Crippen LogP contribution < -0.4 is 5.73 Å². The van der Waals surface area contributed by atoms with Crippen LogP contribution in [-0.4, -0.2) is 41.2 Å². The average Bonchev–Trinajstić information content (AvgIpc) is 2.70. The number of aliphatic hydroxyl groups is 1. The Morgan fingerprint density at radius 3 is 2.76 bits per heavy atom. The quantitative estimate of drug-likeness (QED) is 0.704. The molecule has 1 heterocycles. The SMILES string of the molecule is N[C@H](CO)c1nc(CCOCC(F)(F)F)no1. The minimum Gasteiger partial charge on any atom is -0.394 e. The fourth-order valence-corrected chi connectivity index (χ4v) is 0.949. The molecule has 0 radical (unpaired) electrons. The van der Waals surface area contributed by atoms with Crippen molar-refractivity contribution in [3.8, 4) is 0 Å². The van der Waals surface area contributed by atoms with Gasteiger partial charge in [-0.3, -0.25) is 0 Å². The molecular weight excluding hydrogens is 243 g/mol. The Morgan fingerprint density at radius 1 is 1.47 bits per heavy atom. The summed E-state index contributed by atoms with van der Waals surface area (Å²) < 4.78 is 44.2. The molecule has 0 aliphatic heterocycles. The van der Waals surface area contributed by atoms with Crippen molar-refractivity contribution < 1.29 is 27.5 Å². The zero-order valence-electron chi connectivity index (χ0n) is 8.78. The summed E-state index contributed by atoms with van der Waals surface area (Å²) in [7, 11) is 0. The van der Waals surface area contributed by atoms with Crippen LogP contribution in [-0.2, 0) is 11.2 Å². The molecule has 98 valence electrons.